The van der Waals surface area contributed by atoms with Crippen LogP contribution in [0.1, 0.15) is 31.7 Å². The Morgan fingerprint density at radius 2 is 1.58 bits per heavy atom. The molecule has 0 unspecified atom stereocenters. The van der Waals surface area contributed by atoms with Gasteiger partial charge in [-0.2, -0.15) is 5.10 Å². The monoisotopic (exact) mass is 511 g/mol. The second kappa shape index (κ2) is 10.4. The largest absolute Gasteiger partial charge is 0.457 e. The number of hydrogen-bond acceptors (Lipinski definition) is 7. The summed E-state index contributed by atoms with van der Waals surface area (Å²) in [5.74, 6) is 2.96. The van der Waals surface area contributed by atoms with Gasteiger partial charge in [0.15, 0.2) is 11.5 Å². The normalized spacial score (nSPS) is 17.7. The fourth-order valence-electron chi connectivity index (χ4n) is 5.49. The summed E-state index contributed by atoms with van der Waals surface area (Å²) in [4.78, 5) is 26.8. The van der Waals surface area contributed by atoms with E-state index in [1.54, 1.807) is 6.20 Å². The zero-order chi connectivity index (χ0) is 26.1. The number of hydrogen-bond donors (Lipinski definition) is 1. The summed E-state index contributed by atoms with van der Waals surface area (Å²) in [7, 11) is 2.12. The highest BCUT2D eigenvalue weighted by atomic mass is 16.5. The van der Waals surface area contributed by atoms with E-state index in [4.69, 9.17) is 15.5 Å². The Morgan fingerprint density at radius 3 is 2.29 bits per heavy atom. The van der Waals surface area contributed by atoms with E-state index in [2.05, 4.69) is 22.0 Å². The molecule has 196 valence electrons. The summed E-state index contributed by atoms with van der Waals surface area (Å²) in [5.41, 5.74) is 7.92. The summed E-state index contributed by atoms with van der Waals surface area (Å²) in [6.07, 6.45) is 5.36. The van der Waals surface area contributed by atoms with Gasteiger partial charge in [-0.1, -0.05) is 18.2 Å². The minimum atomic E-state index is 0.160. The second-order valence-electron chi connectivity index (χ2n) is 10.3. The van der Waals surface area contributed by atoms with Crippen LogP contribution in [0.15, 0.2) is 60.8 Å². The number of anilines is 1. The van der Waals surface area contributed by atoms with Crippen molar-refractivity contribution < 1.29 is 9.53 Å². The first kappa shape index (κ1) is 24.4. The highest BCUT2D eigenvalue weighted by molar-refractivity contribution is 5.87. The molecule has 1 amide bonds. The number of rotatable bonds is 5. The first-order valence-corrected chi connectivity index (χ1v) is 13.4. The van der Waals surface area contributed by atoms with Gasteiger partial charge in [0.05, 0.1) is 17.6 Å². The molecule has 2 aliphatic rings. The third kappa shape index (κ3) is 4.93. The van der Waals surface area contributed by atoms with E-state index in [1.807, 2.05) is 64.2 Å². The average Bonchev–Trinajstić information content (AvgIpc) is 3.39. The van der Waals surface area contributed by atoms with Gasteiger partial charge in [0.1, 0.15) is 17.3 Å². The highest BCUT2D eigenvalue weighted by Gasteiger charge is 2.31. The van der Waals surface area contributed by atoms with Crippen molar-refractivity contribution in [2.24, 2.45) is 5.92 Å². The molecule has 2 aromatic carbocycles. The van der Waals surface area contributed by atoms with Crippen molar-refractivity contribution in [3.05, 3.63) is 60.8 Å². The smallest absolute Gasteiger partial charge is 0.225 e. The number of aromatic nitrogens is 4. The van der Waals surface area contributed by atoms with Crippen LogP contribution in [-0.4, -0.2) is 68.7 Å². The Labute approximate surface area is 222 Å². The predicted octanol–water partition coefficient (Wildman–Crippen LogP) is 4.37. The standard InChI is InChI=1S/C29H33N7O2/c1-34-15-11-21(12-16-34)29(37)35-17-13-22(14-18-35)36-28-25(19-31-36)26(30)32-27(33-28)20-7-9-24(10-8-20)38-23-5-3-2-4-6-23/h2-10,19,21-22H,11-18H2,1H3,(H2,30,32,33). The van der Waals surface area contributed by atoms with Crippen molar-refractivity contribution in [1.29, 1.82) is 0 Å². The van der Waals surface area contributed by atoms with E-state index >= 15 is 0 Å². The van der Waals surface area contributed by atoms with Crippen molar-refractivity contribution >= 4 is 22.8 Å². The van der Waals surface area contributed by atoms with Crippen LogP contribution in [-0.2, 0) is 4.79 Å². The lowest BCUT2D eigenvalue weighted by atomic mass is 9.94. The van der Waals surface area contributed by atoms with Gasteiger partial charge in [0, 0.05) is 24.6 Å². The number of amides is 1. The minimum absolute atomic E-state index is 0.160. The lowest BCUT2D eigenvalue weighted by Gasteiger charge is -2.36. The number of carbonyl (C=O) groups excluding carboxylic acids is 1. The molecular formula is C29H33N7O2. The second-order valence-corrected chi connectivity index (χ2v) is 10.3. The van der Waals surface area contributed by atoms with Gasteiger partial charge < -0.3 is 20.3 Å². The number of nitrogens with two attached hydrogens (primary N) is 1. The molecule has 0 atom stereocenters. The summed E-state index contributed by atoms with van der Waals surface area (Å²) in [5, 5.41) is 5.40. The molecule has 2 saturated heterocycles. The molecule has 9 heteroatoms. The van der Waals surface area contributed by atoms with E-state index in [9.17, 15) is 4.79 Å². The predicted molar refractivity (Wildman–Crippen MR) is 147 cm³/mol. The lowest BCUT2D eigenvalue weighted by molar-refractivity contribution is -0.138. The number of fused-ring (bicyclic) bond motifs is 1. The first-order chi connectivity index (χ1) is 18.5. The molecule has 2 fully saturated rings. The maximum absolute atomic E-state index is 13.1. The third-order valence-corrected chi connectivity index (χ3v) is 7.76. The van der Waals surface area contributed by atoms with Gasteiger partial charge >= 0.3 is 0 Å². The molecule has 0 saturated carbocycles. The summed E-state index contributed by atoms with van der Waals surface area (Å²) in [6, 6.07) is 17.5. The van der Waals surface area contributed by atoms with E-state index in [1.165, 1.54) is 0 Å². The van der Waals surface area contributed by atoms with Gasteiger partial charge in [0.2, 0.25) is 5.91 Å². The van der Waals surface area contributed by atoms with Gasteiger partial charge in [-0.15, -0.1) is 0 Å². The van der Waals surface area contributed by atoms with Crippen molar-refractivity contribution in [3.8, 4) is 22.9 Å². The van der Waals surface area contributed by atoms with Crippen LogP contribution in [0.3, 0.4) is 0 Å². The van der Waals surface area contributed by atoms with Gasteiger partial charge in [-0.25, -0.2) is 14.6 Å². The van der Waals surface area contributed by atoms with Gasteiger partial charge in [-0.05, 0) is 82.2 Å². The molecule has 6 rings (SSSR count). The number of para-hydroxylation sites is 1. The molecule has 4 aromatic rings. The van der Waals surface area contributed by atoms with Gasteiger partial charge in [0.25, 0.3) is 0 Å². The topological polar surface area (TPSA) is 102 Å². The van der Waals surface area contributed by atoms with Crippen LogP contribution in [0, 0.1) is 5.92 Å². The summed E-state index contributed by atoms with van der Waals surface area (Å²) < 4.78 is 7.88. The number of ether oxygens (including phenoxy) is 1. The molecule has 2 aromatic heterocycles. The molecule has 38 heavy (non-hydrogen) atoms. The fourth-order valence-corrected chi connectivity index (χ4v) is 5.49. The number of carbonyl (C=O) groups is 1. The van der Waals surface area contributed by atoms with Crippen LogP contribution >= 0.6 is 0 Å². The SMILES string of the molecule is CN1CCC(C(=O)N2CCC(n3ncc4c(N)nc(-c5ccc(Oc6ccccc6)cc5)nc43)CC2)CC1. The number of piperidine rings is 2. The Morgan fingerprint density at radius 1 is 0.895 bits per heavy atom. The van der Waals surface area contributed by atoms with Crippen LogP contribution in [0.2, 0.25) is 0 Å². The van der Waals surface area contributed by atoms with Crippen LogP contribution in [0.25, 0.3) is 22.4 Å². The lowest BCUT2D eigenvalue weighted by Crippen LogP contribution is -2.45. The summed E-state index contributed by atoms with van der Waals surface area (Å²) in [6.45, 7) is 3.48. The molecule has 0 bridgehead atoms. The fraction of sp³-hybridized carbons (Fsp3) is 0.379. The third-order valence-electron chi connectivity index (χ3n) is 7.76. The number of nitrogen functional groups attached to an aromatic ring is 1. The van der Waals surface area contributed by atoms with Gasteiger partial charge in [-0.3, -0.25) is 4.79 Å². The molecule has 2 N–H and O–H groups in total. The van der Waals surface area contributed by atoms with E-state index in [0.717, 1.165) is 80.0 Å². The first-order valence-electron chi connectivity index (χ1n) is 13.4. The minimum Gasteiger partial charge on any atom is -0.457 e. The van der Waals surface area contributed by atoms with Crippen LogP contribution in [0.5, 0.6) is 11.5 Å². The Hall–Kier alpha value is -3.98. The Bertz CT molecular complexity index is 1400. The number of benzene rings is 2. The maximum atomic E-state index is 13.1. The molecule has 9 nitrogen and oxygen atoms in total. The van der Waals surface area contributed by atoms with E-state index in [0.29, 0.717) is 17.5 Å². The molecule has 0 radical (unpaired) electrons. The van der Waals surface area contributed by atoms with Crippen LogP contribution in [0.4, 0.5) is 5.82 Å². The zero-order valence-corrected chi connectivity index (χ0v) is 21.7. The highest BCUT2D eigenvalue weighted by Crippen LogP contribution is 2.31. The molecular weight excluding hydrogens is 478 g/mol. The quantitative estimate of drug-likeness (QED) is 0.424. The number of likely N-dealkylation sites (tertiary alicyclic amines) is 2. The van der Waals surface area contributed by atoms with Crippen molar-refractivity contribution in [3.63, 3.8) is 0 Å². The zero-order valence-electron chi connectivity index (χ0n) is 21.7. The van der Waals surface area contributed by atoms with E-state index < -0.39 is 0 Å². The molecule has 2 aliphatic heterocycles. The maximum Gasteiger partial charge on any atom is 0.225 e. The molecule has 0 aliphatic carbocycles. The van der Waals surface area contributed by atoms with Crippen molar-refractivity contribution in [2.45, 2.75) is 31.7 Å². The Balaban J connectivity index is 1.17. The van der Waals surface area contributed by atoms with Crippen molar-refractivity contribution in [2.75, 3.05) is 39.0 Å². The van der Waals surface area contributed by atoms with Crippen LogP contribution < -0.4 is 10.5 Å². The van der Waals surface area contributed by atoms with Crippen molar-refractivity contribution in [1.82, 2.24) is 29.5 Å². The molecule has 0 spiro atoms. The summed E-state index contributed by atoms with van der Waals surface area (Å²) >= 11 is 0. The Kier molecular flexibility index (Phi) is 6.68. The average molecular weight is 512 g/mol. The van der Waals surface area contributed by atoms with E-state index in [-0.39, 0.29) is 12.0 Å². The number of nitrogens with zero attached hydrogens (tertiary/aromatic N) is 6. The molecule has 4 heterocycles.